The van der Waals surface area contributed by atoms with Gasteiger partial charge in [0.05, 0.1) is 0 Å². The summed E-state index contributed by atoms with van der Waals surface area (Å²) in [4.78, 5) is 14.6. The molecule has 1 heterocycles. The maximum atomic E-state index is 11.7. The number of aryl methyl sites for hydroxylation is 1. The summed E-state index contributed by atoms with van der Waals surface area (Å²) < 4.78 is 0. The molecule has 0 aliphatic rings. The first kappa shape index (κ1) is 9.97. The molecule has 15 heavy (non-hydrogen) atoms. The minimum Gasteiger partial charge on any atom is -0.322 e. The molecule has 1 N–H and O–H groups in total. The predicted octanol–water partition coefficient (Wildman–Crippen LogP) is 2.96. The third-order valence-corrected chi connectivity index (χ3v) is 2.65. The van der Waals surface area contributed by atoms with Crippen molar-refractivity contribution in [2.24, 2.45) is 0 Å². The molecule has 0 spiro atoms. The van der Waals surface area contributed by atoms with E-state index in [1.807, 2.05) is 32.0 Å². The number of hydrogen-bond donors (Lipinski definition) is 1. The number of benzene rings is 1. The highest BCUT2D eigenvalue weighted by Crippen LogP contribution is 2.17. The van der Waals surface area contributed by atoms with E-state index in [0.717, 1.165) is 16.5 Å². The molecule has 0 fully saturated rings. The molecule has 1 aromatic carbocycles. The number of hydrogen-bond acceptors (Lipinski definition) is 1. The van der Waals surface area contributed by atoms with Crippen LogP contribution in [-0.2, 0) is 0 Å². The Morgan fingerprint density at radius 2 is 1.93 bits per heavy atom. The van der Waals surface area contributed by atoms with Gasteiger partial charge in [0.15, 0.2) is 0 Å². The zero-order chi connectivity index (χ0) is 11.0. The average Bonchev–Trinajstić information content (AvgIpc) is 2.17. The van der Waals surface area contributed by atoms with E-state index < -0.39 is 0 Å². The molecule has 0 amide bonds. The molecule has 0 radical (unpaired) electrons. The van der Waals surface area contributed by atoms with E-state index in [-0.39, 0.29) is 11.5 Å². The molecule has 0 bridgehead atoms. The molecule has 0 saturated heterocycles. The summed E-state index contributed by atoms with van der Waals surface area (Å²) >= 11 is 0. The van der Waals surface area contributed by atoms with E-state index in [4.69, 9.17) is 0 Å². The molecular formula is C13H15NO. The van der Waals surface area contributed by atoms with Crippen LogP contribution in [0.15, 0.2) is 29.1 Å². The zero-order valence-corrected chi connectivity index (χ0v) is 9.29. The van der Waals surface area contributed by atoms with Gasteiger partial charge in [0.25, 0.3) is 5.56 Å². The highest BCUT2D eigenvalue weighted by atomic mass is 16.1. The van der Waals surface area contributed by atoms with Crippen molar-refractivity contribution in [2.75, 3.05) is 0 Å². The van der Waals surface area contributed by atoms with Gasteiger partial charge in [-0.1, -0.05) is 25.5 Å². The molecule has 0 aliphatic carbocycles. The quantitative estimate of drug-likeness (QED) is 0.756. The van der Waals surface area contributed by atoms with Crippen LogP contribution < -0.4 is 5.56 Å². The molecule has 0 atom stereocenters. The topological polar surface area (TPSA) is 32.9 Å². The van der Waals surface area contributed by atoms with Crippen molar-refractivity contribution in [1.29, 1.82) is 0 Å². The van der Waals surface area contributed by atoms with Gasteiger partial charge in [-0.25, -0.2) is 0 Å². The van der Waals surface area contributed by atoms with E-state index >= 15 is 0 Å². The van der Waals surface area contributed by atoms with E-state index in [1.165, 1.54) is 5.56 Å². The Labute approximate surface area is 89.0 Å². The second-order valence-corrected chi connectivity index (χ2v) is 4.30. The molecule has 2 aromatic rings. The van der Waals surface area contributed by atoms with Crippen LogP contribution in [0.1, 0.15) is 30.9 Å². The van der Waals surface area contributed by atoms with Crippen molar-refractivity contribution >= 4 is 10.9 Å². The van der Waals surface area contributed by atoms with E-state index in [0.29, 0.717) is 0 Å². The number of rotatable bonds is 1. The lowest BCUT2D eigenvalue weighted by Crippen LogP contribution is -2.13. The van der Waals surface area contributed by atoms with Crippen LogP contribution in [0.2, 0.25) is 0 Å². The third-order valence-electron chi connectivity index (χ3n) is 2.65. The molecule has 0 aliphatic heterocycles. The maximum Gasteiger partial charge on any atom is 0.251 e. The molecule has 0 unspecified atom stereocenters. The summed E-state index contributed by atoms with van der Waals surface area (Å²) in [5, 5.41) is 1.11. The fourth-order valence-corrected chi connectivity index (χ4v) is 1.77. The first-order valence-electron chi connectivity index (χ1n) is 5.21. The summed E-state index contributed by atoms with van der Waals surface area (Å²) in [7, 11) is 0. The normalized spacial score (nSPS) is 11.2. The van der Waals surface area contributed by atoms with Crippen LogP contribution in [0.25, 0.3) is 10.9 Å². The molecule has 78 valence electrons. The molecule has 1 aromatic heterocycles. The first-order chi connectivity index (χ1) is 7.08. The maximum absolute atomic E-state index is 11.7. The van der Waals surface area contributed by atoms with Crippen LogP contribution in [0.4, 0.5) is 0 Å². The van der Waals surface area contributed by atoms with Crippen LogP contribution in [0.3, 0.4) is 0 Å². The SMILES string of the molecule is Cc1ccc2[nH]c(=O)c(C(C)C)cc2c1. The summed E-state index contributed by atoms with van der Waals surface area (Å²) in [6, 6.07) is 8.05. The minimum atomic E-state index is 0.0290. The average molecular weight is 201 g/mol. The molecule has 0 saturated carbocycles. The van der Waals surface area contributed by atoms with Gasteiger partial charge in [-0.05, 0) is 36.4 Å². The Hall–Kier alpha value is -1.57. The smallest absolute Gasteiger partial charge is 0.251 e. The van der Waals surface area contributed by atoms with Crippen LogP contribution in [-0.4, -0.2) is 4.98 Å². The van der Waals surface area contributed by atoms with Crippen molar-refractivity contribution in [3.63, 3.8) is 0 Å². The van der Waals surface area contributed by atoms with E-state index in [2.05, 4.69) is 18.0 Å². The number of nitrogens with one attached hydrogen (secondary N) is 1. The van der Waals surface area contributed by atoms with E-state index in [1.54, 1.807) is 0 Å². The van der Waals surface area contributed by atoms with Gasteiger partial charge >= 0.3 is 0 Å². The molecule has 2 nitrogen and oxygen atoms in total. The molecule has 2 heteroatoms. The minimum absolute atomic E-state index is 0.0290. The van der Waals surface area contributed by atoms with Gasteiger partial charge in [0.1, 0.15) is 0 Å². The van der Waals surface area contributed by atoms with Crippen molar-refractivity contribution in [2.45, 2.75) is 26.7 Å². The number of fused-ring (bicyclic) bond motifs is 1. The second kappa shape index (κ2) is 3.54. The Morgan fingerprint density at radius 3 is 2.60 bits per heavy atom. The van der Waals surface area contributed by atoms with Gasteiger partial charge < -0.3 is 4.98 Å². The summed E-state index contributed by atoms with van der Waals surface area (Å²) in [6.45, 7) is 6.12. The van der Waals surface area contributed by atoms with Crippen molar-refractivity contribution in [1.82, 2.24) is 4.98 Å². The van der Waals surface area contributed by atoms with E-state index in [9.17, 15) is 4.79 Å². The first-order valence-corrected chi connectivity index (χ1v) is 5.21. The second-order valence-electron chi connectivity index (χ2n) is 4.30. The lowest BCUT2D eigenvalue weighted by molar-refractivity contribution is 0.849. The summed E-state index contributed by atoms with van der Waals surface area (Å²) in [5.74, 6) is 0.263. The highest BCUT2D eigenvalue weighted by Gasteiger charge is 2.06. The number of pyridine rings is 1. The lowest BCUT2D eigenvalue weighted by atomic mass is 10.0. The third kappa shape index (κ3) is 1.80. The van der Waals surface area contributed by atoms with Crippen LogP contribution in [0.5, 0.6) is 0 Å². The fourth-order valence-electron chi connectivity index (χ4n) is 1.77. The lowest BCUT2D eigenvalue weighted by Gasteiger charge is -2.06. The van der Waals surface area contributed by atoms with Gasteiger partial charge in [-0.2, -0.15) is 0 Å². The predicted molar refractivity (Wildman–Crippen MR) is 63.4 cm³/mol. The van der Waals surface area contributed by atoms with Crippen LogP contribution in [0, 0.1) is 6.92 Å². The largest absolute Gasteiger partial charge is 0.322 e. The van der Waals surface area contributed by atoms with Gasteiger partial charge in [0.2, 0.25) is 0 Å². The van der Waals surface area contributed by atoms with Gasteiger partial charge in [-0.15, -0.1) is 0 Å². The van der Waals surface area contributed by atoms with Gasteiger partial charge in [-0.3, -0.25) is 4.79 Å². The number of aromatic amines is 1. The van der Waals surface area contributed by atoms with Crippen molar-refractivity contribution in [3.05, 3.63) is 45.7 Å². The van der Waals surface area contributed by atoms with Crippen molar-refractivity contribution in [3.8, 4) is 0 Å². The zero-order valence-electron chi connectivity index (χ0n) is 9.29. The summed E-state index contributed by atoms with van der Waals surface area (Å²) in [6.07, 6.45) is 0. The molecular weight excluding hydrogens is 186 g/mol. The van der Waals surface area contributed by atoms with Crippen LogP contribution >= 0.6 is 0 Å². The highest BCUT2D eigenvalue weighted by molar-refractivity contribution is 5.79. The Balaban J connectivity index is 2.77. The Bertz CT molecular complexity index is 552. The Morgan fingerprint density at radius 1 is 1.20 bits per heavy atom. The standard InChI is InChI=1S/C13H15NO/c1-8(2)11-7-10-6-9(3)4-5-12(10)14-13(11)15/h4-8H,1-3H3,(H,14,15). The summed E-state index contributed by atoms with van der Waals surface area (Å²) in [5.41, 5.74) is 3.01. The van der Waals surface area contributed by atoms with Gasteiger partial charge in [0, 0.05) is 11.1 Å². The molecule has 2 rings (SSSR count). The monoisotopic (exact) mass is 201 g/mol. The number of aromatic nitrogens is 1. The number of H-pyrrole nitrogens is 1. The van der Waals surface area contributed by atoms with Crippen molar-refractivity contribution < 1.29 is 0 Å². The Kier molecular flexibility index (Phi) is 2.35. The fraction of sp³-hybridized carbons (Fsp3) is 0.308.